The van der Waals surface area contributed by atoms with Crippen molar-refractivity contribution in [3.05, 3.63) is 24.3 Å². The Morgan fingerprint density at radius 2 is 1.73 bits per heavy atom. The van der Waals surface area contributed by atoms with Gasteiger partial charge in [-0.15, -0.1) is 0 Å². The van der Waals surface area contributed by atoms with Gasteiger partial charge in [-0.3, -0.25) is 0 Å². The Hall–Kier alpha value is -1.18. The molecule has 1 aromatic carbocycles. The fraction of sp³-hybridized carbons (Fsp3) is 0.333. The highest BCUT2D eigenvalue weighted by molar-refractivity contribution is 5.41. The van der Waals surface area contributed by atoms with Crippen LogP contribution in [0.25, 0.3) is 0 Å². The number of hydrogen-bond donors (Lipinski definition) is 0. The van der Waals surface area contributed by atoms with Crippen LogP contribution >= 0.6 is 0 Å². The molecule has 2 rings (SSSR count). The molecule has 0 radical (unpaired) electrons. The van der Waals surface area contributed by atoms with Crippen molar-refractivity contribution in [2.24, 2.45) is 0 Å². The van der Waals surface area contributed by atoms with E-state index in [4.69, 9.17) is 9.47 Å². The molecule has 0 saturated heterocycles. The molecule has 2 nitrogen and oxygen atoms in total. The molecule has 0 bridgehead atoms. The lowest BCUT2D eigenvalue weighted by Crippen LogP contribution is -2.15. The van der Waals surface area contributed by atoms with Gasteiger partial charge in [-0.2, -0.15) is 0 Å². The summed E-state index contributed by atoms with van der Waals surface area (Å²) < 4.78 is 10.9. The molecule has 0 saturated carbocycles. The lowest BCUT2D eigenvalue weighted by molar-refractivity contribution is 0.0464. The summed E-state index contributed by atoms with van der Waals surface area (Å²) in [6, 6.07) is 7.73. The maximum Gasteiger partial charge on any atom is 0.241 e. The van der Waals surface area contributed by atoms with Gasteiger partial charge >= 0.3 is 0 Å². The number of ether oxygens (including phenoxy) is 2. The second kappa shape index (κ2) is 2.46. The largest absolute Gasteiger partial charge is 0.451 e. The van der Waals surface area contributed by atoms with Crippen molar-refractivity contribution in [1.29, 1.82) is 0 Å². The van der Waals surface area contributed by atoms with E-state index in [9.17, 15) is 0 Å². The zero-order chi connectivity index (χ0) is 7.68. The molecule has 0 atom stereocenters. The highest BCUT2D eigenvalue weighted by Crippen LogP contribution is 2.34. The lowest BCUT2D eigenvalue weighted by Gasteiger charge is -2.04. The van der Waals surface area contributed by atoms with Gasteiger partial charge in [-0.05, 0) is 12.1 Å². The van der Waals surface area contributed by atoms with Crippen LogP contribution in [0.3, 0.4) is 0 Å². The number of hydrogen-bond acceptors (Lipinski definition) is 2. The molecule has 0 aliphatic carbocycles. The van der Waals surface area contributed by atoms with Crippen molar-refractivity contribution in [1.82, 2.24) is 0 Å². The summed E-state index contributed by atoms with van der Waals surface area (Å²) in [5.41, 5.74) is 0. The first-order chi connectivity index (χ1) is 5.40. The van der Waals surface area contributed by atoms with Crippen molar-refractivity contribution in [3.63, 3.8) is 0 Å². The molecule has 0 spiro atoms. The highest BCUT2D eigenvalue weighted by Gasteiger charge is 2.20. The summed E-state index contributed by atoms with van der Waals surface area (Å²) in [5.74, 6) is 1.72. The van der Waals surface area contributed by atoms with Crippen molar-refractivity contribution in [2.75, 3.05) is 0 Å². The first kappa shape index (κ1) is 6.53. The SMILES string of the molecule is CCC1Oc2ccccc2O1. The van der Waals surface area contributed by atoms with Gasteiger partial charge in [0.25, 0.3) is 0 Å². The lowest BCUT2D eigenvalue weighted by atomic mass is 10.3. The Balaban J connectivity index is 2.27. The van der Waals surface area contributed by atoms with Crippen molar-refractivity contribution in [3.8, 4) is 11.5 Å². The molecule has 11 heavy (non-hydrogen) atoms. The summed E-state index contributed by atoms with van der Waals surface area (Å²) in [7, 11) is 0. The van der Waals surface area contributed by atoms with Gasteiger partial charge in [0, 0.05) is 6.42 Å². The molecule has 1 aromatic rings. The van der Waals surface area contributed by atoms with Gasteiger partial charge < -0.3 is 9.47 Å². The van der Waals surface area contributed by atoms with E-state index in [0.717, 1.165) is 17.9 Å². The van der Waals surface area contributed by atoms with Crippen LogP contribution in [0.2, 0.25) is 0 Å². The summed E-state index contributed by atoms with van der Waals surface area (Å²) in [6.45, 7) is 2.04. The average Bonchev–Trinajstić information content (AvgIpc) is 2.46. The van der Waals surface area contributed by atoms with Gasteiger partial charge in [0.15, 0.2) is 11.5 Å². The minimum absolute atomic E-state index is 0.0765. The van der Waals surface area contributed by atoms with Crippen LogP contribution in [0.15, 0.2) is 24.3 Å². The van der Waals surface area contributed by atoms with E-state index < -0.39 is 0 Å². The second-order valence-electron chi connectivity index (χ2n) is 2.52. The number of benzene rings is 1. The maximum atomic E-state index is 5.43. The van der Waals surface area contributed by atoms with Crippen LogP contribution in [0, 0.1) is 0 Å². The third-order valence-corrected chi connectivity index (χ3v) is 1.70. The Kier molecular flexibility index (Phi) is 1.46. The zero-order valence-electron chi connectivity index (χ0n) is 6.41. The van der Waals surface area contributed by atoms with E-state index in [2.05, 4.69) is 0 Å². The van der Waals surface area contributed by atoms with Crippen LogP contribution in [0.1, 0.15) is 13.3 Å². The normalized spacial score (nSPS) is 15.4. The van der Waals surface area contributed by atoms with Crippen LogP contribution < -0.4 is 9.47 Å². The van der Waals surface area contributed by atoms with Gasteiger partial charge in [0.05, 0.1) is 0 Å². The van der Waals surface area contributed by atoms with Gasteiger partial charge in [-0.25, -0.2) is 0 Å². The zero-order valence-corrected chi connectivity index (χ0v) is 6.41. The van der Waals surface area contributed by atoms with Gasteiger partial charge in [0.2, 0.25) is 6.29 Å². The van der Waals surface area contributed by atoms with Crippen molar-refractivity contribution < 1.29 is 9.47 Å². The molecule has 0 fully saturated rings. The molecule has 1 aliphatic heterocycles. The van der Waals surface area contributed by atoms with Crippen LogP contribution in [0.5, 0.6) is 11.5 Å². The third-order valence-electron chi connectivity index (χ3n) is 1.70. The average molecular weight is 150 g/mol. The first-order valence-corrected chi connectivity index (χ1v) is 3.82. The third kappa shape index (κ3) is 1.04. The monoisotopic (exact) mass is 150 g/mol. The van der Waals surface area contributed by atoms with E-state index >= 15 is 0 Å². The predicted octanol–water partition coefficient (Wildman–Crippen LogP) is 2.19. The number of fused-ring (bicyclic) bond motifs is 1. The minimum atomic E-state index is -0.0765. The second-order valence-corrected chi connectivity index (χ2v) is 2.52. The predicted molar refractivity (Wildman–Crippen MR) is 41.8 cm³/mol. The smallest absolute Gasteiger partial charge is 0.241 e. The molecule has 0 aromatic heterocycles. The quantitative estimate of drug-likeness (QED) is 0.611. The fourth-order valence-electron chi connectivity index (χ4n) is 1.12. The van der Waals surface area contributed by atoms with E-state index in [0.29, 0.717) is 0 Å². The molecule has 1 heterocycles. The standard InChI is InChI=1S/C9H10O2/c1-2-9-10-7-5-3-4-6-8(7)11-9/h3-6,9H,2H2,1H3. The molecule has 0 unspecified atom stereocenters. The first-order valence-electron chi connectivity index (χ1n) is 3.82. The Morgan fingerprint density at radius 1 is 1.18 bits per heavy atom. The van der Waals surface area contributed by atoms with Crippen LogP contribution in [0.4, 0.5) is 0 Å². The molecule has 2 heteroatoms. The van der Waals surface area contributed by atoms with Crippen molar-refractivity contribution >= 4 is 0 Å². The van der Waals surface area contributed by atoms with Gasteiger partial charge in [-0.1, -0.05) is 19.1 Å². The molecule has 0 N–H and O–H groups in total. The summed E-state index contributed by atoms with van der Waals surface area (Å²) >= 11 is 0. The summed E-state index contributed by atoms with van der Waals surface area (Å²) in [4.78, 5) is 0. The minimum Gasteiger partial charge on any atom is -0.451 e. The molecule has 58 valence electrons. The van der Waals surface area contributed by atoms with E-state index in [1.54, 1.807) is 0 Å². The Bertz CT molecular complexity index is 232. The maximum absolute atomic E-state index is 5.43. The molecule has 0 amide bonds. The topological polar surface area (TPSA) is 18.5 Å². The summed E-state index contributed by atoms with van der Waals surface area (Å²) in [5, 5.41) is 0. The molecular formula is C9H10O2. The molecule has 1 aliphatic rings. The van der Waals surface area contributed by atoms with Crippen molar-refractivity contribution in [2.45, 2.75) is 19.6 Å². The highest BCUT2D eigenvalue weighted by atomic mass is 16.7. The van der Waals surface area contributed by atoms with Crippen LogP contribution in [-0.2, 0) is 0 Å². The molecular weight excluding hydrogens is 140 g/mol. The van der Waals surface area contributed by atoms with Gasteiger partial charge in [0.1, 0.15) is 0 Å². The van der Waals surface area contributed by atoms with E-state index in [1.807, 2.05) is 31.2 Å². The van der Waals surface area contributed by atoms with E-state index in [-0.39, 0.29) is 6.29 Å². The number of rotatable bonds is 1. The summed E-state index contributed by atoms with van der Waals surface area (Å²) in [6.07, 6.45) is 0.807. The van der Waals surface area contributed by atoms with Crippen LogP contribution in [-0.4, -0.2) is 6.29 Å². The Labute approximate surface area is 65.7 Å². The number of para-hydroxylation sites is 2. The Morgan fingerprint density at radius 3 is 2.18 bits per heavy atom. The fourth-order valence-corrected chi connectivity index (χ4v) is 1.12. The van der Waals surface area contributed by atoms with E-state index in [1.165, 1.54) is 0 Å².